The highest BCUT2D eigenvalue weighted by atomic mass is 79.9. The third-order valence-electron chi connectivity index (χ3n) is 5.19. The van der Waals surface area contributed by atoms with E-state index in [1.807, 2.05) is 11.3 Å². The van der Waals surface area contributed by atoms with Crippen molar-refractivity contribution in [3.63, 3.8) is 0 Å². The van der Waals surface area contributed by atoms with Crippen LogP contribution in [-0.4, -0.2) is 48.1 Å². The second-order valence-electron chi connectivity index (χ2n) is 6.19. The molecule has 3 nitrogen and oxygen atoms in total. The summed E-state index contributed by atoms with van der Waals surface area (Å²) in [5, 5.41) is 2.17. The SMILES string of the molecule is CN(Cc1cc(Br)cs1)C1(CN)CCN2CCCCC21. The second-order valence-corrected chi connectivity index (χ2v) is 8.10. The van der Waals surface area contributed by atoms with Gasteiger partial charge in [0.15, 0.2) is 0 Å². The minimum atomic E-state index is 0.177. The molecule has 5 heteroatoms. The average molecular weight is 358 g/mol. The molecule has 0 amide bonds. The largest absolute Gasteiger partial charge is 0.329 e. The van der Waals surface area contributed by atoms with Crippen LogP contribution in [0.25, 0.3) is 0 Å². The van der Waals surface area contributed by atoms with Gasteiger partial charge in [-0.05, 0) is 54.9 Å². The van der Waals surface area contributed by atoms with Gasteiger partial charge in [-0.2, -0.15) is 0 Å². The van der Waals surface area contributed by atoms with Crippen LogP contribution in [0.2, 0.25) is 0 Å². The van der Waals surface area contributed by atoms with Gasteiger partial charge in [-0.15, -0.1) is 11.3 Å². The van der Waals surface area contributed by atoms with Crippen molar-refractivity contribution in [1.29, 1.82) is 0 Å². The highest BCUT2D eigenvalue weighted by Gasteiger charge is 2.49. The summed E-state index contributed by atoms with van der Waals surface area (Å²) in [5.41, 5.74) is 6.44. The third kappa shape index (κ3) is 2.59. The molecule has 0 radical (unpaired) electrons. The first-order valence-corrected chi connectivity index (χ1v) is 9.21. The van der Waals surface area contributed by atoms with Crippen LogP contribution >= 0.6 is 27.3 Å². The van der Waals surface area contributed by atoms with Gasteiger partial charge in [-0.1, -0.05) is 6.42 Å². The van der Waals surface area contributed by atoms with Crippen molar-refractivity contribution in [3.05, 3.63) is 20.8 Å². The number of nitrogens with two attached hydrogens (primary N) is 1. The Labute approximate surface area is 134 Å². The zero-order valence-corrected chi connectivity index (χ0v) is 14.5. The molecule has 0 aliphatic carbocycles. The maximum atomic E-state index is 6.26. The van der Waals surface area contributed by atoms with Crippen LogP contribution in [0, 0.1) is 0 Å². The Morgan fingerprint density at radius 3 is 3.05 bits per heavy atom. The van der Waals surface area contributed by atoms with E-state index >= 15 is 0 Å². The number of likely N-dealkylation sites (N-methyl/N-ethyl adjacent to an activating group) is 1. The molecule has 2 atom stereocenters. The lowest BCUT2D eigenvalue weighted by atomic mass is 9.84. The molecular weight excluding hydrogens is 334 g/mol. The number of halogens is 1. The highest BCUT2D eigenvalue weighted by Crippen LogP contribution is 2.39. The summed E-state index contributed by atoms with van der Waals surface area (Å²) in [4.78, 5) is 6.62. The predicted molar refractivity (Wildman–Crippen MR) is 89.1 cm³/mol. The maximum Gasteiger partial charge on any atom is 0.0499 e. The lowest BCUT2D eigenvalue weighted by Gasteiger charge is -2.45. The van der Waals surface area contributed by atoms with Crippen LogP contribution in [0.3, 0.4) is 0 Å². The van der Waals surface area contributed by atoms with Gasteiger partial charge in [0.05, 0.1) is 0 Å². The van der Waals surface area contributed by atoms with E-state index in [0.717, 1.165) is 13.1 Å². The number of nitrogens with zero attached hydrogens (tertiary/aromatic N) is 2. The fourth-order valence-electron chi connectivity index (χ4n) is 4.04. The van der Waals surface area contributed by atoms with Crippen molar-refractivity contribution < 1.29 is 0 Å². The van der Waals surface area contributed by atoms with Crippen LogP contribution in [0.1, 0.15) is 30.6 Å². The number of thiophene rings is 1. The molecule has 2 aliphatic heterocycles. The Hall–Kier alpha value is 0.0600. The zero-order valence-electron chi connectivity index (χ0n) is 12.1. The van der Waals surface area contributed by atoms with Crippen LogP contribution in [0.15, 0.2) is 15.9 Å². The van der Waals surface area contributed by atoms with Gasteiger partial charge in [0.25, 0.3) is 0 Å². The predicted octanol–water partition coefficient (Wildman–Crippen LogP) is 2.90. The molecular formula is C15H24BrN3S. The molecule has 0 saturated carbocycles. The summed E-state index contributed by atoms with van der Waals surface area (Å²) in [6.07, 6.45) is 5.26. The molecule has 3 rings (SSSR count). The Bertz CT molecular complexity index is 464. The summed E-state index contributed by atoms with van der Waals surface area (Å²) in [5.74, 6) is 0. The smallest absolute Gasteiger partial charge is 0.0499 e. The van der Waals surface area contributed by atoms with E-state index in [2.05, 4.69) is 44.2 Å². The lowest BCUT2D eigenvalue weighted by Crippen LogP contribution is -2.60. The standard InChI is InChI=1S/C15H24BrN3S/c1-18(9-13-8-12(16)10-20-13)15(11-17)5-7-19-6-3-2-4-14(15)19/h8,10,14H,2-7,9,11,17H2,1H3. The Kier molecular flexibility index (Phi) is 4.53. The first-order chi connectivity index (χ1) is 9.65. The van der Waals surface area contributed by atoms with Crippen LogP contribution in [0.4, 0.5) is 0 Å². The molecule has 1 aromatic rings. The highest BCUT2D eigenvalue weighted by molar-refractivity contribution is 9.10. The Morgan fingerprint density at radius 2 is 2.35 bits per heavy atom. The van der Waals surface area contributed by atoms with Gasteiger partial charge in [0.1, 0.15) is 0 Å². The van der Waals surface area contributed by atoms with Crippen LogP contribution in [0.5, 0.6) is 0 Å². The fourth-order valence-corrected chi connectivity index (χ4v) is 5.54. The van der Waals surface area contributed by atoms with E-state index in [1.165, 1.54) is 48.1 Å². The number of fused-ring (bicyclic) bond motifs is 1. The van der Waals surface area contributed by atoms with Crippen molar-refractivity contribution in [2.75, 3.05) is 26.7 Å². The number of rotatable bonds is 4. The molecule has 2 fully saturated rings. The quantitative estimate of drug-likeness (QED) is 0.898. The van der Waals surface area contributed by atoms with Gasteiger partial charge in [-0.3, -0.25) is 9.80 Å². The minimum absolute atomic E-state index is 0.177. The lowest BCUT2D eigenvalue weighted by molar-refractivity contribution is 0.0518. The van der Waals surface area contributed by atoms with Gasteiger partial charge >= 0.3 is 0 Å². The summed E-state index contributed by atoms with van der Waals surface area (Å²) in [6, 6.07) is 2.90. The van der Waals surface area contributed by atoms with Crippen molar-refractivity contribution >= 4 is 27.3 Å². The topological polar surface area (TPSA) is 32.5 Å². The summed E-state index contributed by atoms with van der Waals surface area (Å²) >= 11 is 5.38. The van der Waals surface area contributed by atoms with E-state index < -0.39 is 0 Å². The number of piperidine rings is 1. The van der Waals surface area contributed by atoms with E-state index in [0.29, 0.717) is 6.04 Å². The van der Waals surface area contributed by atoms with E-state index in [9.17, 15) is 0 Å². The van der Waals surface area contributed by atoms with Gasteiger partial charge < -0.3 is 5.73 Å². The fraction of sp³-hybridized carbons (Fsp3) is 0.733. The van der Waals surface area contributed by atoms with Gasteiger partial charge in [0.2, 0.25) is 0 Å². The first-order valence-electron chi connectivity index (χ1n) is 7.54. The molecule has 0 bridgehead atoms. The van der Waals surface area contributed by atoms with Crippen molar-refractivity contribution in [2.24, 2.45) is 5.73 Å². The summed E-state index contributed by atoms with van der Waals surface area (Å²) in [6.45, 7) is 4.28. The monoisotopic (exact) mass is 357 g/mol. The molecule has 3 heterocycles. The van der Waals surface area contributed by atoms with E-state index in [1.54, 1.807) is 0 Å². The zero-order chi connectivity index (χ0) is 14.2. The molecule has 2 unspecified atom stereocenters. The molecule has 2 aliphatic rings. The van der Waals surface area contributed by atoms with Crippen molar-refractivity contribution in [2.45, 2.75) is 43.8 Å². The van der Waals surface area contributed by atoms with Crippen molar-refractivity contribution in [3.8, 4) is 0 Å². The Morgan fingerprint density at radius 1 is 1.50 bits per heavy atom. The molecule has 2 saturated heterocycles. The van der Waals surface area contributed by atoms with Gasteiger partial charge in [-0.25, -0.2) is 0 Å². The van der Waals surface area contributed by atoms with E-state index in [4.69, 9.17) is 5.73 Å². The number of hydrogen-bond donors (Lipinski definition) is 1. The molecule has 1 aromatic heterocycles. The third-order valence-corrected chi connectivity index (χ3v) is 6.88. The summed E-state index contributed by atoms with van der Waals surface area (Å²) in [7, 11) is 2.26. The maximum absolute atomic E-state index is 6.26. The number of hydrogen-bond acceptors (Lipinski definition) is 4. The minimum Gasteiger partial charge on any atom is -0.329 e. The average Bonchev–Trinajstić information content (AvgIpc) is 3.03. The van der Waals surface area contributed by atoms with E-state index in [-0.39, 0.29) is 5.54 Å². The Balaban J connectivity index is 1.77. The van der Waals surface area contributed by atoms with Gasteiger partial charge in [0, 0.05) is 45.9 Å². The molecule has 2 N–H and O–H groups in total. The van der Waals surface area contributed by atoms with Crippen molar-refractivity contribution in [1.82, 2.24) is 9.80 Å². The van der Waals surface area contributed by atoms with Crippen LogP contribution < -0.4 is 5.73 Å². The summed E-state index contributed by atoms with van der Waals surface area (Å²) < 4.78 is 1.19. The first kappa shape index (κ1) is 15.0. The molecule has 112 valence electrons. The molecule has 0 aromatic carbocycles. The molecule has 0 spiro atoms. The van der Waals surface area contributed by atoms with Crippen LogP contribution in [-0.2, 0) is 6.54 Å². The second kappa shape index (κ2) is 6.05. The molecule has 20 heavy (non-hydrogen) atoms. The normalized spacial score (nSPS) is 30.9.